The normalized spacial score (nSPS) is 17.0. The van der Waals surface area contributed by atoms with Crippen molar-refractivity contribution in [2.45, 2.75) is 35.5 Å². The molecule has 0 bridgehead atoms. The van der Waals surface area contributed by atoms with Crippen LogP contribution in [0.15, 0.2) is 83.0 Å². The summed E-state index contributed by atoms with van der Waals surface area (Å²) in [6.07, 6.45) is 2.25. The lowest BCUT2D eigenvalue weighted by molar-refractivity contribution is -0.117. The molecule has 216 valence electrons. The van der Waals surface area contributed by atoms with E-state index in [0.29, 0.717) is 41.3 Å². The number of benzene rings is 2. The van der Waals surface area contributed by atoms with Crippen molar-refractivity contribution in [3.05, 3.63) is 84.4 Å². The molecule has 5 aromatic rings. The average Bonchev–Trinajstić information content (AvgIpc) is 3.71. The highest BCUT2D eigenvalue weighted by atomic mass is 32.2. The van der Waals surface area contributed by atoms with Crippen LogP contribution in [0.1, 0.15) is 12.1 Å². The van der Waals surface area contributed by atoms with E-state index < -0.39 is 0 Å². The fourth-order valence-corrected chi connectivity index (χ4v) is 5.60. The molecule has 1 amide bonds. The Hall–Kier alpha value is -4.46. The Balaban J connectivity index is 1.06. The van der Waals surface area contributed by atoms with Crippen LogP contribution in [-0.2, 0) is 4.79 Å². The minimum Gasteiger partial charge on any atom is -0.489 e. The van der Waals surface area contributed by atoms with Crippen molar-refractivity contribution in [3.8, 4) is 5.75 Å². The molecule has 11 nitrogen and oxygen atoms in total. The molecule has 0 aliphatic carbocycles. The van der Waals surface area contributed by atoms with Crippen molar-refractivity contribution in [2.24, 2.45) is 0 Å². The number of ether oxygens (including phenoxy) is 1. The number of aliphatic hydroxyl groups excluding tert-OH is 1. The van der Waals surface area contributed by atoms with Crippen LogP contribution >= 0.6 is 11.8 Å². The van der Waals surface area contributed by atoms with E-state index in [1.54, 1.807) is 12.1 Å². The molecule has 4 heterocycles. The van der Waals surface area contributed by atoms with E-state index >= 15 is 0 Å². The third-order valence-corrected chi connectivity index (χ3v) is 7.70. The summed E-state index contributed by atoms with van der Waals surface area (Å²) >= 11 is 1.41. The largest absolute Gasteiger partial charge is 0.489 e. The second-order valence-electron chi connectivity index (χ2n) is 10.00. The van der Waals surface area contributed by atoms with Crippen LogP contribution in [0.3, 0.4) is 0 Å². The number of amides is 1. The Bertz CT molecular complexity index is 1670. The van der Waals surface area contributed by atoms with Gasteiger partial charge in [-0.1, -0.05) is 0 Å². The van der Waals surface area contributed by atoms with Crippen molar-refractivity contribution in [1.29, 1.82) is 0 Å². The van der Waals surface area contributed by atoms with Crippen molar-refractivity contribution < 1.29 is 19.0 Å². The predicted octanol–water partition coefficient (Wildman–Crippen LogP) is 4.25. The number of rotatable bonds is 10. The maximum atomic E-state index is 13.2. The minimum atomic E-state index is -0.332. The Kier molecular flexibility index (Phi) is 8.04. The molecule has 2 atom stereocenters. The van der Waals surface area contributed by atoms with Crippen molar-refractivity contribution in [3.63, 3.8) is 0 Å². The highest BCUT2D eigenvalue weighted by Gasteiger charge is 2.34. The highest BCUT2D eigenvalue weighted by Crippen LogP contribution is 2.29. The standard InChI is InChI=1S/C29H29FN8O3S/c1-18-13-25(36-35-18)32-28-34-29(33-26-3-2-12-38(26)28)42-24-10-6-20(7-11-24)31-27(40)16-37-15-23(14-21(37)17-39)41-22-8-4-19(30)5-9-22/h2-13,21,23,39H,14-17H2,1H3,(H,31,40)(H2,32,33,34,35,36)/t21-,23+/m0/s1. The number of aryl methyl sites for hydroxylation is 1. The molecule has 1 saturated heterocycles. The molecular weight excluding hydrogens is 559 g/mol. The summed E-state index contributed by atoms with van der Waals surface area (Å²) in [5, 5.41) is 23.7. The molecule has 42 heavy (non-hydrogen) atoms. The molecule has 6 rings (SSSR count). The zero-order valence-corrected chi connectivity index (χ0v) is 23.5. The average molecular weight is 589 g/mol. The molecule has 1 aliphatic heterocycles. The first-order chi connectivity index (χ1) is 20.4. The van der Waals surface area contributed by atoms with Crippen LogP contribution in [0.25, 0.3) is 5.65 Å². The number of aromatic amines is 1. The van der Waals surface area contributed by atoms with Crippen molar-refractivity contribution in [1.82, 2.24) is 29.5 Å². The lowest BCUT2D eigenvalue weighted by atomic mass is 10.2. The number of fused-ring (bicyclic) bond motifs is 1. The summed E-state index contributed by atoms with van der Waals surface area (Å²) in [6.45, 7) is 2.44. The fraction of sp³-hybridized carbons (Fsp3) is 0.241. The van der Waals surface area contributed by atoms with Gasteiger partial charge >= 0.3 is 0 Å². The maximum Gasteiger partial charge on any atom is 0.238 e. The van der Waals surface area contributed by atoms with Gasteiger partial charge in [0.1, 0.15) is 23.3 Å². The van der Waals surface area contributed by atoms with E-state index in [-0.39, 0.29) is 37.0 Å². The summed E-state index contributed by atoms with van der Waals surface area (Å²) < 4.78 is 21.0. The lowest BCUT2D eigenvalue weighted by Crippen LogP contribution is -2.39. The van der Waals surface area contributed by atoms with Gasteiger partial charge in [-0.15, -0.1) is 0 Å². The Morgan fingerprint density at radius 1 is 1.17 bits per heavy atom. The van der Waals surface area contributed by atoms with E-state index in [1.165, 1.54) is 23.9 Å². The van der Waals surface area contributed by atoms with E-state index in [2.05, 4.69) is 30.8 Å². The van der Waals surface area contributed by atoms with Crippen LogP contribution in [0.4, 0.5) is 21.8 Å². The van der Waals surface area contributed by atoms with Gasteiger partial charge in [-0.2, -0.15) is 10.1 Å². The second kappa shape index (κ2) is 12.2. The van der Waals surface area contributed by atoms with Crippen LogP contribution in [0, 0.1) is 12.7 Å². The molecule has 3 aromatic heterocycles. The number of halogens is 1. The molecule has 1 fully saturated rings. The number of likely N-dealkylation sites (tertiary alicyclic amines) is 1. The minimum absolute atomic E-state index is 0.0852. The van der Waals surface area contributed by atoms with Crippen LogP contribution in [0.2, 0.25) is 0 Å². The number of carbonyl (C=O) groups excluding carboxylic acids is 1. The second-order valence-corrected chi connectivity index (χ2v) is 11.0. The zero-order valence-electron chi connectivity index (χ0n) is 22.7. The Morgan fingerprint density at radius 3 is 2.71 bits per heavy atom. The number of hydrogen-bond donors (Lipinski definition) is 4. The predicted molar refractivity (Wildman–Crippen MR) is 157 cm³/mol. The van der Waals surface area contributed by atoms with Gasteiger partial charge < -0.3 is 20.5 Å². The summed E-state index contributed by atoms with van der Waals surface area (Å²) in [4.78, 5) is 25.0. The van der Waals surface area contributed by atoms with Gasteiger partial charge in [-0.05, 0) is 79.3 Å². The molecule has 1 aliphatic rings. The lowest BCUT2D eigenvalue weighted by Gasteiger charge is -2.21. The van der Waals surface area contributed by atoms with Crippen molar-refractivity contribution in [2.75, 3.05) is 30.3 Å². The quantitative estimate of drug-likeness (QED) is 0.189. The number of H-pyrrole nitrogens is 1. The molecule has 0 saturated carbocycles. The monoisotopic (exact) mass is 588 g/mol. The van der Waals surface area contributed by atoms with Gasteiger partial charge in [0.25, 0.3) is 0 Å². The molecule has 0 unspecified atom stereocenters. The maximum absolute atomic E-state index is 13.2. The van der Waals surface area contributed by atoms with Gasteiger partial charge in [0.2, 0.25) is 11.9 Å². The molecular formula is C29H29FN8O3S. The smallest absolute Gasteiger partial charge is 0.238 e. The number of nitrogens with one attached hydrogen (secondary N) is 3. The first kappa shape index (κ1) is 27.7. The van der Waals surface area contributed by atoms with Gasteiger partial charge in [-0.25, -0.2) is 9.37 Å². The van der Waals surface area contributed by atoms with Gasteiger partial charge in [0, 0.05) is 47.5 Å². The van der Waals surface area contributed by atoms with Crippen molar-refractivity contribution >= 4 is 40.8 Å². The van der Waals surface area contributed by atoms with Gasteiger partial charge in [-0.3, -0.25) is 19.2 Å². The van der Waals surface area contributed by atoms with Crippen LogP contribution in [-0.4, -0.2) is 72.3 Å². The molecule has 0 radical (unpaired) electrons. The summed E-state index contributed by atoms with van der Waals surface area (Å²) in [7, 11) is 0. The number of carbonyl (C=O) groups is 1. The van der Waals surface area contributed by atoms with Crippen LogP contribution < -0.4 is 15.4 Å². The van der Waals surface area contributed by atoms with Crippen LogP contribution in [0.5, 0.6) is 5.75 Å². The summed E-state index contributed by atoms with van der Waals surface area (Å²) in [5.41, 5.74) is 2.34. The topological polar surface area (TPSA) is 133 Å². The molecule has 2 aromatic carbocycles. The number of nitrogens with zero attached hydrogens (tertiary/aromatic N) is 5. The van der Waals surface area contributed by atoms with Gasteiger partial charge in [0.15, 0.2) is 11.0 Å². The SMILES string of the molecule is Cc1cc(Nc2nc(Sc3ccc(NC(=O)CN4C[C@H](Oc5ccc(F)cc5)C[C@H]4CO)cc3)nc3cccn23)n[nH]1. The molecule has 13 heteroatoms. The Labute approximate surface area is 245 Å². The molecule has 4 N–H and O–H groups in total. The van der Waals surface area contributed by atoms with Gasteiger partial charge in [0.05, 0.1) is 13.2 Å². The number of aliphatic hydroxyl groups is 1. The first-order valence-electron chi connectivity index (χ1n) is 13.4. The summed E-state index contributed by atoms with van der Waals surface area (Å²) in [6, 6.07) is 18.8. The van der Waals surface area contributed by atoms with E-state index in [9.17, 15) is 14.3 Å². The first-order valence-corrected chi connectivity index (χ1v) is 14.2. The fourth-order valence-electron chi connectivity index (χ4n) is 4.85. The zero-order chi connectivity index (χ0) is 29.1. The number of anilines is 3. The Morgan fingerprint density at radius 2 is 1.98 bits per heavy atom. The molecule has 0 spiro atoms. The third kappa shape index (κ3) is 6.54. The highest BCUT2D eigenvalue weighted by molar-refractivity contribution is 7.99. The third-order valence-electron chi connectivity index (χ3n) is 6.82. The van der Waals surface area contributed by atoms with E-state index in [4.69, 9.17) is 4.74 Å². The van der Waals surface area contributed by atoms with E-state index in [0.717, 1.165) is 16.2 Å². The number of aromatic nitrogens is 5. The van der Waals surface area contributed by atoms with E-state index in [1.807, 2.05) is 64.9 Å². The number of hydrogen-bond acceptors (Lipinski definition) is 9. The summed E-state index contributed by atoms with van der Waals surface area (Å²) in [5.74, 6) is 1.29.